The van der Waals surface area contributed by atoms with Crippen molar-refractivity contribution in [2.75, 3.05) is 39.9 Å². The van der Waals surface area contributed by atoms with Crippen LogP contribution in [-0.2, 0) is 4.74 Å². The number of nitriles is 1. The zero-order chi connectivity index (χ0) is 11.4. The predicted octanol–water partition coefficient (Wildman–Crippen LogP) is 0.600. The summed E-state index contributed by atoms with van der Waals surface area (Å²) in [5.74, 6) is 0.524. The van der Waals surface area contributed by atoms with E-state index in [1.54, 1.807) is 7.11 Å². The van der Waals surface area contributed by atoms with Gasteiger partial charge >= 0.3 is 0 Å². The number of nitrogens with one attached hydrogen (secondary N) is 1. The molecule has 2 aliphatic rings. The van der Waals surface area contributed by atoms with E-state index in [1.807, 2.05) is 0 Å². The molecule has 1 heterocycles. The molecular weight excluding hydrogens is 202 g/mol. The van der Waals surface area contributed by atoms with Crippen molar-refractivity contribution in [3.63, 3.8) is 0 Å². The van der Waals surface area contributed by atoms with Gasteiger partial charge in [-0.25, -0.2) is 0 Å². The van der Waals surface area contributed by atoms with E-state index in [9.17, 15) is 5.26 Å². The van der Waals surface area contributed by atoms with Crippen molar-refractivity contribution in [3.8, 4) is 6.07 Å². The average Bonchev–Trinajstić information content (AvgIpc) is 3.12. The minimum atomic E-state index is -0.360. The van der Waals surface area contributed by atoms with Crippen LogP contribution in [0.4, 0.5) is 0 Å². The highest BCUT2D eigenvalue weighted by Crippen LogP contribution is 2.43. The van der Waals surface area contributed by atoms with Crippen LogP contribution in [0.1, 0.15) is 19.3 Å². The summed E-state index contributed by atoms with van der Waals surface area (Å²) in [7, 11) is 1.70. The van der Waals surface area contributed by atoms with Crippen molar-refractivity contribution in [2.45, 2.75) is 24.8 Å². The Morgan fingerprint density at radius 1 is 1.44 bits per heavy atom. The van der Waals surface area contributed by atoms with Crippen LogP contribution in [0.3, 0.4) is 0 Å². The maximum Gasteiger partial charge on any atom is 0.135 e. The standard InChI is InChI=1S/C12H21N3O/c1-16-10-12(9-13,11-3-4-11)15-7-2-5-14-6-8-15/h11,14H,2-8,10H2,1H3. The van der Waals surface area contributed by atoms with Gasteiger partial charge in [0.25, 0.3) is 0 Å². The number of nitrogens with zero attached hydrogens (tertiary/aromatic N) is 2. The first-order chi connectivity index (χ1) is 7.83. The number of hydrogen-bond donors (Lipinski definition) is 1. The number of rotatable bonds is 4. The molecule has 0 radical (unpaired) electrons. The van der Waals surface area contributed by atoms with Gasteiger partial charge in [-0.1, -0.05) is 0 Å². The largest absolute Gasteiger partial charge is 0.382 e. The lowest BCUT2D eigenvalue weighted by molar-refractivity contribution is 0.0354. The lowest BCUT2D eigenvalue weighted by Gasteiger charge is -2.37. The average molecular weight is 223 g/mol. The van der Waals surface area contributed by atoms with E-state index in [4.69, 9.17) is 4.74 Å². The van der Waals surface area contributed by atoms with Crippen molar-refractivity contribution in [3.05, 3.63) is 0 Å². The Hall–Kier alpha value is -0.630. The molecule has 90 valence electrons. The second kappa shape index (κ2) is 5.13. The van der Waals surface area contributed by atoms with Crippen molar-refractivity contribution in [2.24, 2.45) is 5.92 Å². The van der Waals surface area contributed by atoms with Crippen molar-refractivity contribution in [1.82, 2.24) is 10.2 Å². The van der Waals surface area contributed by atoms with E-state index in [2.05, 4.69) is 16.3 Å². The smallest absolute Gasteiger partial charge is 0.135 e. The highest BCUT2D eigenvalue weighted by atomic mass is 16.5. The van der Waals surface area contributed by atoms with E-state index < -0.39 is 0 Å². The molecule has 1 aliphatic heterocycles. The first-order valence-corrected chi connectivity index (χ1v) is 6.19. The summed E-state index contributed by atoms with van der Waals surface area (Å²) in [6, 6.07) is 2.55. The fourth-order valence-corrected chi connectivity index (χ4v) is 2.69. The van der Waals surface area contributed by atoms with Crippen LogP contribution in [0, 0.1) is 17.2 Å². The Morgan fingerprint density at radius 3 is 2.88 bits per heavy atom. The van der Waals surface area contributed by atoms with E-state index >= 15 is 0 Å². The van der Waals surface area contributed by atoms with Gasteiger partial charge in [-0.05, 0) is 31.7 Å². The van der Waals surface area contributed by atoms with E-state index in [0.29, 0.717) is 12.5 Å². The molecule has 4 heteroatoms. The minimum absolute atomic E-state index is 0.360. The van der Waals surface area contributed by atoms with Gasteiger partial charge in [0.1, 0.15) is 5.54 Å². The SMILES string of the molecule is COCC(C#N)(C1CC1)N1CCCNCC1. The summed E-state index contributed by atoms with van der Waals surface area (Å²) in [5, 5.41) is 13.0. The Bertz CT molecular complexity index is 264. The summed E-state index contributed by atoms with van der Waals surface area (Å²) in [6.07, 6.45) is 3.49. The molecule has 1 saturated heterocycles. The molecule has 16 heavy (non-hydrogen) atoms. The number of hydrogen-bond acceptors (Lipinski definition) is 4. The van der Waals surface area contributed by atoms with Gasteiger partial charge in [-0.2, -0.15) is 5.26 Å². The Labute approximate surface area is 97.6 Å². The Kier molecular flexibility index (Phi) is 3.80. The summed E-state index contributed by atoms with van der Waals surface area (Å²) in [5.41, 5.74) is -0.360. The minimum Gasteiger partial charge on any atom is -0.382 e. The van der Waals surface area contributed by atoms with Gasteiger partial charge in [-0.15, -0.1) is 0 Å². The quantitative estimate of drug-likeness (QED) is 0.758. The highest BCUT2D eigenvalue weighted by Gasteiger charge is 2.49. The second-order valence-electron chi connectivity index (χ2n) is 4.83. The van der Waals surface area contributed by atoms with E-state index in [1.165, 1.54) is 12.8 Å². The summed E-state index contributed by atoms with van der Waals surface area (Å²) >= 11 is 0. The fraction of sp³-hybridized carbons (Fsp3) is 0.917. The monoisotopic (exact) mass is 223 g/mol. The van der Waals surface area contributed by atoms with Crippen LogP contribution in [0.5, 0.6) is 0 Å². The molecule has 0 aromatic carbocycles. The van der Waals surface area contributed by atoms with E-state index in [-0.39, 0.29) is 5.54 Å². The second-order valence-corrected chi connectivity index (χ2v) is 4.83. The molecule has 0 aromatic heterocycles. The lowest BCUT2D eigenvalue weighted by Crippen LogP contribution is -2.54. The van der Waals surface area contributed by atoms with Gasteiger partial charge in [0.05, 0.1) is 12.7 Å². The van der Waals surface area contributed by atoms with E-state index in [0.717, 1.165) is 32.6 Å². The van der Waals surface area contributed by atoms with Crippen LogP contribution < -0.4 is 5.32 Å². The molecular formula is C12H21N3O. The van der Waals surface area contributed by atoms with Crippen LogP contribution in [0.15, 0.2) is 0 Å². The Morgan fingerprint density at radius 2 is 2.25 bits per heavy atom. The van der Waals surface area contributed by atoms with Gasteiger partial charge in [0, 0.05) is 26.7 Å². The topological polar surface area (TPSA) is 48.3 Å². The third kappa shape index (κ3) is 2.22. The van der Waals surface area contributed by atoms with Crippen molar-refractivity contribution >= 4 is 0 Å². The van der Waals surface area contributed by atoms with Crippen LogP contribution >= 0.6 is 0 Å². The molecule has 0 aromatic rings. The van der Waals surface area contributed by atoms with Gasteiger partial charge in [-0.3, -0.25) is 4.90 Å². The molecule has 0 amide bonds. The summed E-state index contributed by atoms with van der Waals surface area (Å²) in [6.45, 7) is 4.58. The first kappa shape index (κ1) is 11.8. The molecule has 2 fully saturated rings. The molecule has 2 rings (SSSR count). The first-order valence-electron chi connectivity index (χ1n) is 6.19. The predicted molar refractivity (Wildman–Crippen MR) is 62.0 cm³/mol. The van der Waals surface area contributed by atoms with Gasteiger partial charge < -0.3 is 10.1 Å². The third-order valence-corrected chi connectivity index (χ3v) is 3.72. The van der Waals surface area contributed by atoms with Crippen LogP contribution in [0.2, 0.25) is 0 Å². The molecule has 0 spiro atoms. The molecule has 1 aliphatic carbocycles. The molecule has 1 N–H and O–H groups in total. The molecule has 1 saturated carbocycles. The molecule has 1 atom stereocenters. The molecule has 0 bridgehead atoms. The zero-order valence-electron chi connectivity index (χ0n) is 10.0. The normalized spacial score (nSPS) is 26.8. The summed E-state index contributed by atoms with van der Waals surface area (Å²) < 4.78 is 5.31. The maximum atomic E-state index is 9.57. The molecule has 1 unspecified atom stereocenters. The van der Waals surface area contributed by atoms with Crippen molar-refractivity contribution in [1.29, 1.82) is 5.26 Å². The third-order valence-electron chi connectivity index (χ3n) is 3.72. The van der Waals surface area contributed by atoms with Crippen LogP contribution in [-0.4, -0.2) is 50.3 Å². The van der Waals surface area contributed by atoms with Gasteiger partial charge in [0.15, 0.2) is 0 Å². The fourth-order valence-electron chi connectivity index (χ4n) is 2.69. The number of methoxy groups -OCH3 is 1. The van der Waals surface area contributed by atoms with Crippen LogP contribution in [0.25, 0.3) is 0 Å². The number of ether oxygens (including phenoxy) is 1. The molecule has 4 nitrogen and oxygen atoms in total. The zero-order valence-corrected chi connectivity index (χ0v) is 10.0. The lowest BCUT2D eigenvalue weighted by atomic mass is 9.93. The maximum absolute atomic E-state index is 9.57. The van der Waals surface area contributed by atoms with Gasteiger partial charge in [0.2, 0.25) is 0 Å². The summed E-state index contributed by atoms with van der Waals surface area (Å²) in [4.78, 5) is 2.34. The highest BCUT2D eigenvalue weighted by molar-refractivity contribution is 5.16. The van der Waals surface area contributed by atoms with Crippen molar-refractivity contribution < 1.29 is 4.74 Å². The Balaban J connectivity index is 2.12.